The van der Waals surface area contributed by atoms with Gasteiger partial charge in [0.05, 0.1) is 0 Å². The molecule has 1 aromatic rings. The van der Waals surface area contributed by atoms with E-state index in [0.717, 1.165) is 0 Å². The van der Waals surface area contributed by atoms with Crippen LogP contribution in [-0.2, 0) is 9.53 Å². The number of alkyl carbamates (subject to hydrolysis) is 1. The summed E-state index contributed by atoms with van der Waals surface area (Å²) in [4.78, 5) is 26.6. The first-order chi connectivity index (χ1) is 8.37. The molecule has 0 atom stereocenters. The smallest absolute Gasteiger partial charge is 0.407 e. The van der Waals surface area contributed by atoms with Crippen molar-refractivity contribution in [3.05, 3.63) is 11.6 Å². The number of amides is 2. The number of nitrogens with one attached hydrogen (secondary N) is 2. The Balaban J connectivity index is 2.18. The second kappa shape index (κ2) is 6.34. The van der Waals surface area contributed by atoms with Crippen molar-refractivity contribution in [2.24, 2.45) is 0 Å². The van der Waals surface area contributed by atoms with Gasteiger partial charge in [-0.15, -0.1) is 11.3 Å². The molecule has 100 valence electrons. The summed E-state index contributed by atoms with van der Waals surface area (Å²) >= 11 is 1.34. The maximum atomic E-state index is 11.4. The number of rotatable bonds is 4. The maximum Gasteiger partial charge on any atom is 0.407 e. The zero-order valence-corrected chi connectivity index (χ0v) is 11.5. The van der Waals surface area contributed by atoms with Crippen molar-refractivity contribution in [1.82, 2.24) is 10.3 Å². The van der Waals surface area contributed by atoms with Crippen LogP contribution in [0.5, 0.6) is 0 Å². The van der Waals surface area contributed by atoms with Gasteiger partial charge in [0, 0.05) is 24.5 Å². The molecule has 7 heteroatoms. The average molecular weight is 271 g/mol. The Bertz CT molecular complexity index is 398. The van der Waals surface area contributed by atoms with Crippen molar-refractivity contribution < 1.29 is 14.3 Å². The molecule has 0 unspecified atom stereocenters. The fourth-order valence-corrected chi connectivity index (χ4v) is 1.60. The van der Waals surface area contributed by atoms with Crippen LogP contribution < -0.4 is 10.6 Å². The molecule has 0 aliphatic rings. The lowest BCUT2D eigenvalue weighted by molar-refractivity contribution is -0.116. The molecule has 1 heterocycles. The Kier molecular flexibility index (Phi) is 5.08. The summed E-state index contributed by atoms with van der Waals surface area (Å²) in [6.07, 6.45) is 1.27. The van der Waals surface area contributed by atoms with Gasteiger partial charge >= 0.3 is 6.09 Å². The highest BCUT2D eigenvalue weighted by molar-refractivity contribution is 7.13. The number of aromatic nitrogens is 1. The van der Waals surface area contributed by atoms with Crippen molar-refractivity contribution in [3.8, 4) is 0 Å². The largest absolute Gasteiger partial charge is 0.444 e. The molecule has 2 N–H and O–H groups in total. The Morgan fingerprint density at radius 1 is 1.44 bits per heavy atom. The van der Waals surface area contributed by atoms with Crippen LogP contribution in [0.3, 0.4) is 0 Å². The van der Waals surface area contributed by atoms with Gasteiger partial charge in [0.1, 0.15) is 5.60 Å². The number of hydrogen-bond donors (Lipinski definition) is 2. The molecule has 0 aliphatic heterocycles. The van der Waals surface area contributed by atoms with E-state index in [1.807, 2.05) is 0 Å². The average Bonchev–Trinajstić information content (AvgIpc) is 2.67. The predicted octanol–water partition coefficient (Wildman–Crippen LogP) is 2.00. The van der Waals surface area contributed by atoms with E-state index >= 15 is 0 Å². The van der Waals surface area contributed by atoms with E-state index in [1.165, 1.54) is 11.3 Å². The SMILES string of the molecule is CC(C)(C)OC(=O)NCCC(=O)Nc1nccs1. The first-order valence-corrected chi connectivity index (χ1v) is 6.41. The van der Waals surface area contributed by atoms with Crippen molar-refractivity contribution in [3.63, 3.8) is 0 Å². The van der Waals surface area contributed by atoms with Crippen LogP contribution in [-0.4, -0.2) is 29.1 Å². The molecule has 1 aromatic heterocycles. The van der Waals surface area contributed by atoms with Gasteiger partial charge in [-0.3, -0.25) is 4.79 Å². The number of ether oxygens (including phenoxy) is 1. The summed E-state index contributed by atoms with van der Waals surface area (Å²) in [7, 11) is 0. The lowest BCUT2D eigenvalue weighted by atomic mass is 10.2. The van der Waals surface area contributed by atoms with E-state index in [4.69, 9.17) is 4.74 Å². The fraction of sp³-hybridized carbons (Fsp3) is 0.545. The van der Waals surface area contributed by atoms with Gasteiger partial charge in [-0.2, -0.15) is 0 Å². The van der Waals surface area contributed by atoms with Crippen molar-refractivity contribution in [2.45, 2.75) is 32.8 Å². The lowest BCUT2D eigenvalue weighted by Gasteiger charge is -2.19. The first kappa shape index (κ1) is 14.4. The summed E-state index contributed by atoms with van der Waals surface area (Å²) in [6.45, 7) is 5.57. The molecule has 0 spiro atoms. The van der Waals surface area contributed by atoms with Gasteiger partial charge in [-0.05, 0) is 20.8 Å². The van der Waals surface area contributed by atoms with Crippen LogP contribution in [0.1, 0.15) is 27.2 Å². The summed E-state index contributed by atoms with van der Waals surface area (Å²) in [6, 6.07) is 0. The van der Waals surface area contributed by atoms with Crippen molar-refractivity contribution in [1.29, 1.82) is 0 Å². The molecular weight excluding hydrogens is 254 g/mol. The third-order valence-electron chi connectivity index (χ3n) is 1.70. The monoisotopic (exact) mass is 271 g/mol. The number of carbonyl (C=O) groups excluding carboxylic acids is 2. The van der Waals surface area contributed by atoms with Crippen molar-refractivity contribution >= 4 is 28.5 Å². The van der Waals surface area contributed by atoms with E-state index in [0.29, 0.717) is 5.13 Å². The van der Waals surface area contributed by atoms with Gasteiger partial charge < -0.3 is 15.4 Å². The minimum absolute atomic E-state index is 0.179. The molecule has 0 bridgehead atoms. The Labute approximate surface area is 110 Å². The third kappa shape index (κ3) is 6.19. The Hall–Kier alpha value is -1.63. The van der Waals surface area contributed by atoms with Crippen LogP contribution >= 0.6 is 11.3 Å². The fourth-order valence-electron chi connectivity index (χ4n) is 1.06. The van der Waals surface area contributed by atoms with Crippen LogP contribution in [0.15, 0.2) is 11.6 Å². The number of nitrogens with zero attached hydrogens (tertiary/aromatic N) is 1. The summed E-state index contributed by atoms with van der Waals surface area (Å²) in [5.41, 5.74) is -0.534. The van der Waals surface area contributed by atoms with Gasteiger partial charge in [-0.25, -0.2) is 9.78 Å². The van der Waals surface area contributed by atoms with E-state index in [1.54, 1.807) is 32.3 Å². The van der Waals surface area contributed by atoms with Crippen molar-refractivity contribution in [2.75, 3.05) is 11.9 Å². The Morgan fingerprint density at radius 3 is 2.72 bits per heavy atom. The molecule has 18 heavy (non-hydrogen) atoms. The normalized spacial score (nSPS) is 10.8. The third-order valence-corrected chi connectivity index (χ3v) is 2.39. The van der Waals surface area contributed by atoms with Crippen LogP contribution in [0.25, 0.3) is 0 Å². The zero-order chi connectivity index (χ0) is 13.6. The van der Waals surface area contributed by atoms with Gasteiger partial charge in [-0.1, -0.05) is 0 Å². The summed E-state index contributed by atoms with van der Waals surface area (Å²) in [5, 5.41) is 7.46. The molecule has 2 amide bonds. The second-order valence-corrected chi connectivity index (χ2v) is 5.46. The molecule has 0 saturated heterocycles. The molecule has 0 aliphatic carbocycles. The molecule has 6 nitrogen and oxygen atoms in total. The molecule has 1 rings (SSSR count). The molecular formula is C11H17N3O3S. The highest BCUT2D eigenvalue weighted by Gasteiger charge is 2.15. The first-order valence-electron chi connectivity index (χ1n) is 5.53. The minimum atomic E-state index is -0.534. The zero-order valence-electron chi connectivity index (χ0n) is 10.6. The van der Waals surface area contributed by atoms with Gasteiger partial charge in [0.15, 0.2) is 5.13 Å². The molecule has 0 aromatic carbocycles. The summed E-state index contributed by atoms with van der Waals surface area (Å²) in [5.74, 6) is -0.194. The van der Waals surface area contributed by atoms with Crippen LogP contribution in [0, 0.1) is 0 Å². The number of anilines is 1. The highest BCUT2D eigenvalue weighted by atomic mass is 32.1. The quantitative estimate of drug-likeness (QED) is 0.877. The van der Waals surface area contributed by atoms with Crippen LogP contribution in [0.2, 0.25) is 0 Å². The predicted molar refractivity (Wildman–Crippen MR) is 69.6 cm³/mol. The van der Waals surface area contributed by atoms with E-state index in [-0.39, 0.29) is 18.9 Å². The highest BCUT2D eigenvalue weighted by Crippen LogP contribution is 2.10. The number of hydrogen-bond acceptors (Lipinski definition) is 5. The number of carbonyl (C=O) groups is 2. The lowest BCUT2D eigenvalue weighted by Crippen LogP contribution is -2.34. The van der Waals surface area contributed by atoms with Crippen LogP contribution in [0.4, 0.5) is 9.93 Å². The molecule has 0 saturated carbocycles. The minimum Gasteiger partial charge on any atom is -0.444 e. The second-order valence-electron chi connectivity index (χ2n) is 4.56. The topological polar surface area (TPSA) is 80.3 Å². The molecule has 0 fully saturated rings. The maximum absolute atomic E-state index is 11.4. The van der Waals surface area contributed by atoms with E-state index in [9.17, 15) is 9.59 Å². The van der Waals surface area contributed by atoms with E-state index < -0.39 is 11.7 Å². The number of thiazole rings is 1. The Morgan fingerprint density at radius 2 is 2.17 bits per heavy atom. The summed E-state index contributed by atoms with van der Waals surface area (Å²) < 4.78 is 5.03. The van der Waals surface area contributed by atoms with E-state index in [2.05, 4.69) is 15.6 Å². The van der Waals surface area contributed by atoms with Gasteiger partial charge in [0.2, 0.25) is 5.91 Å². The standard InChI is InChI=1S/C11H17N3O3S/c1-11(2,3)17-10(16)13-5-4-8(15)14-9-12-6-7-18-9/h6-7H,4-5H2,1-3H3,(H,13,16)(H,12,14,15). The van der Waals surface area contributed by atoms with Gasteiger partial charge in [0.25, 0.3) is 0 Å². The molecule has 0 radical (unpaired) electrons.